The monoisotopic (exact) mass is 352 g/mol. The van der Waals surface area contributed by atoms with Gasteiger partial charge in [0.25, 0.3) is 0 Å². The summed E-state index contributed by atoms with van der Waals surface area (Å²) in [6.07, 6.45) is 0.0713. The lowest BCUT2D eigenvalue weighted by Crippen LogP contribution is -2.08. The normalized spacial score (nSPS) is 10.7. The zero-order chi connectivity index (χ0) is 18.7. The van der Waals surface area contributed by atoms with Crippen LogP contribution in [-0.2, 0) is 9.53 Å². The summed E-state index contributed by atoms with van der Waals surface area (Å²) in [7, 11) is 4.41. The van der Waals surface area contributed by atoms with Crippen molar-refractivity contribution in [1.29, 1.82) is 0 Å². The molecule has 0 fully saturated rings. The second kappa shape index (κ2) is 7.44. The third kappa shape index (κ3) is 3.20. The number of methoxy groups -OCH3 is 3. The predicted octanol–water partition coefficient (Wildman–Crippen LogP) is 4.15. The molecule has 0 aliphatic rings. The molecule has 3 rings (SSSR count). The summed E-state index contributed by atoms with van der Waals surface area (Å²) in [6.45, 7) is 0. The van der Waals surface area contributed by atoms with Crippen molar-refractivity contribution in [2.24, 2.45) is 0 Å². The van der Waals surface area contributed by atoms with Crippen LogP contribution in [0.2, 0.25) is 0 Å². The predicted molar refractivity (Wildman–Crippen MR) is 100 cm³/mol. The van der Waals surface area contributed by atoms with Gasteiger partial charge in [-0.15, -0.1) is 0 Å². The first-order valence-electron chi connectivity index (χ1n) is 8.26. The number of fused-ring (bicyclic) bond motifs is 2. The molecule has 0 N–H and O–H groups in total. The Hall–Kier alpha value is -3.08. The SMILES string of the molecule is COC(=O)CCC(=O)c1cc(OC)c2cc3ccccc3cc2c1OC. The maximum Gasteiger partial charge on any atom is 0.305 e. The van der Waals surface area contributed by atoms with E-state index in [2.05, 4.69) is 4.74 Å². The van der Waals surface area contributed by atoms with Gasteiger partial charge in [-0.2, -0.15) is 0 Å². The van der Waals surface area contributed by atoms with Crippen LogP contribution in [0.3, 0.4) is 0 Å². The molecular formula is C21H20O5. The number of carbonyl (C=O) groups excluding carboxylic acids is 2. The smallest absolute Gasteiger partial charge is 0.305 e. The van der Waals surface area contributed by atoms with Crippen LogP contribution >= 0.6 is 0 Å². The van der Waals surface area contributed by atoms with Crippen LogP contribution < -0.4 is 9.47 Å². The van der Waals surface area contributed by atoms with E-state index in [1.165, 1.54) is 14.2 Å². The zero-order valence-electron chi connectivity index (χ0n) is 15.0. The molecule has 0 aliphatic carbocycles. The van der Waals surface area contributed by atoms with Gasteiger partial charge in [-0.25, -0.2) is 0 Å². The van der Waals surface area contributed by atoms with Gasteiger partial charge in [0.2, 0.25) is 0 Å². The van der Waals surface area contributed by atoms with E-state index in [0.29, 0.717) is 17.1 Å². The fraction of sp³-hybridized carbons (Fsp3) is 0.238. The van der Waals surface area contributed by atoms with E-state index in [1.807, 2.05) is 36.4 Å². The summed E-state index contributed by atoms with van der Waals surface area (Å²) in [5.41, 5.74) is 0.399. The molecular weight excluding hydrogens is 332 g/mol. The Morgan fingerprint density at radius 2 is 1.50 bits per heavy atom. The second-order valence-corrected chi connectivity index (χ2v) is 5.90. The molecule has 3 aromatic carbocycles. The lowest BCUT2D eigenvalue weighted by molar-refractivity contribution is -0.140. The summed E-state index contributed by atoms with van der Waals surface area (Å²) < 4.78 is 15.7. The van der Waals surface area contributed by atoms with Crippen LogP contribution in [-0.4, -0.2) is 33.1 Å². The number of Topliss-reactive ketones (excluding diaryl/α,β-unsaturated/α-hetero) is 1. The highest BCUT2D eigenvalue weighted by atomic mass is 16.5. The van der Waals surface area contributed by atoms with E-state index < -0.39 is 5.97 Å². The molecule has 0 aliphatic heterocycles. The van der Waals surface area contributed by atoms with E-state index in [9.17, 15) is 9.59 Å². The first-order chi connectivity index (χ1) is 12.6. The van der Waals surface area contributed by atoms with Crippen LogP contribution in [0.4, 0.5) is 0 Å². The maximum atomic E-state index is 12.7. The van der Waals surface area contributed by atoms with Crippen molar-refractivity contribution in [1.82, 2.24) is 0 Å². The molecule has 0 saturated heterocycles. The molecule has 134 valence electrons. The van der Waals surface area contributed by atoms with Gasteiger partial charge in [-0.3, -0.25) is 9.59 Å². The Balaban J connectivity index is 2.18. The third-order valence-electron chi connectivity index (χ3n) is 4.42. The highest BCUT2D eigenvalue weighted by molar-refractivity contribution is 6.10. The van der Waals surface area contributed by atoms with Crippen molar-refractivity contribution >= 4 is 33.3 Å². The highest BCUT2D eigenvalue weighted by Crippen LogP contribution is 2.39. The lowest BCUT2D eigenvalue weighted by Gasteiger charge is -2.15. The Bertz CT molecular complexity index is 991. The van der Waals surface area contributed by atoms with E-state index in [4.69, 9.17) is 9.47 Å². The average Bonchev–Trinajstić information content (AvgIpc) is 2.68. The minimum absolute atomic E-state index is 0.0244. The van der Waals surface area contributed by atoms with Gasteiger partial charge < -0.3 is 14.2 Å². The van der Waals surface area contributed by atoms with Gasteiger partial charge in [-0.05, 0) is 29.0 Å². The highest BCUT2D eigenvalue weighted by Gasteiger charge is 2.20. The minimum Gasteiger partial charge on any atom is -0.496 e. The Kier molecular flexibility index (Phi) is 5.07. The van der Waals surface area contributed by atoms with Crippen LogP contribution in [0.5, 0.6) is 11.5 Å². The number of ketones is 1. The number of carbonyl (C=O) groups is 2. The fourth-order valence-corrected chi connectivity index (χ4v) is 3.10. The standard InChI is InChI=1S/C21H20O5/c1-24-19-12-17(18(22)8-9-20(23)25-2)21(26-3)16-11-14-7-5-4-6-13(14)10-15(16)19/h4-7,10-12H,8-9H2,1-3H3. The zero-order valence-corrected chi connectivity index (χ0v) is 15.0. The van der Waals surface area contributed by atoms with Crippen molar-refractivity contribution in [3.8, 4) is 11.5 Å². The molecule has 0 spiro atoms. The topological polar surface area (TPSA) is 61.8 Å². The van der Waals surface area contributed by atoms with Crippen molar-refractivity contribution in [2.75, 3.05) is 21.3 Å². The van der Waals surface area contributed by atoms with Crippen LogP contribution in [0, 0.1) is 0 Å². The lowest BCUT2D eigenvalue weighted by atomic mass is 9.96. The quantitative estimate of drug-likeness (QED) is 0.379. The van der Waals surface area contributed by atoms with Crippen LogP contribution in [0.1, 0.15) is 23.2 Å². The fourth-order valence-electron chi connectivity index (χ4n) is 3.10. The molecule has 0 bridgehead atoms. The molecule has 0 radical (unpaired) electrons. The van der Waals surface area contributed by atoms with Crippen molar-refractivity contribution in [3.05, 3.63) is 48.0 Å². The Morgan fingerprint density at radius 1 is 0.846 bits per heavy atom. The number of esters is 1. The summed E-state index contributed by atoms with van der Waals surface area (Å²) >= 11 is 0. The maximum absolute atomic E-state index is 12.7. The molecule has 0 saturated carbocycles. The van der Waals surface area contributed by atoms with Crippen molar-refractivity contribution in [2.45, 2.75) is 12.8 Å². The van der Waals surface area contributed by atoms with Crippen molar-refractivity contribution in [3.63, 3.8) is 0 Å². The summed E-state index contributed by atoms with van der Waals surface area (Å²) in [5, 5.41) is 3.78. The molecule has 0 amide bonds. The second-order valence-electron chi connectivity index (χ2n) is 5.90. The number of hydrogen-bond donors (Lipinski definition) is 0. The van der Waals surface area contributed by atoms with Gasteiger partial charge in [0.05, 0.1) is 33.3 Å². The van der Waals surface area contributed by atoms with E-state index in [0.717, 1.165) is 21.5 Å². The molecule has 26 heavy (non-hydrogen) atoms. The van der Waals surface area contributed by atoms with Gasteiger partial charge >= 0.3 is 5.97 Å². The molecule has 0 heterocycles. The Morgan fingerprint density at radius 3 is 2.08 bits per heavy atom. The molecule has 0 atom stereocenters. The van der Waals surface area contributed by atoms with Crippen molar-refractivity contribution < 1.29 is 23.8 Å². The largest absolute Gasteiger partial charge is 0.496 e. The van der Waals surface area contributed by atoms with Crippen LogP contribution in [0.25, 0.3) is 21.5 Å². The number of rotatable bonds is 6. The van der Waals surface area contributed by atoms with Gasteiger partial charge in [0.1, 0.15) is 11.5 Å². The summed E-state index contributed by atoms with van der Waals surface area (Å²) in [4.78, 5) is 24.0. The molecule has 5 heteroatoms. The van der Waals surface area contributed by atoms with Gasteiger partial charge in [-0.1, -0.05) is 24.3 Å². The molecule has 3 aromatic rings. The first kappa shape index (κ1) is 17.7. The van der Waals surface area contributed by atoms with E-state index >= 15 is 0 Å². The van der Waals surface area contributed by atoms with E-state index in [1.54, 1.807) is 13.2 Å². The first-order valence-corrected chi connectivity index (χ1v) is 8.26. The van der Waals surface area contributed by atoms with Crippen LogP contribution in [0.15, 0.2) is 42.5 Å². The molecule has 0 unspecified atom stereocenters. The number of hydrogen-bond acceptors (Lipinski definition) is 5. The minimum atomic E-state index is -0.420. The third-order valence-corrected chi connectivity index (χ3v) is 4.42. The number of ether oxygens (including phenoxy) is 3. The number of benzene rings is 3. The summed E-state index contributed by atoms with van der Waals surface area (Å²) in [6, 6.07) is 13.7. The Labute approximate surface area is 151 Å². The van der Waals surface area contributed by atoms with Gasteiger partial charge in [0, 0.05) is 17.2 Å². The van der Waals surface area contributed by atoms with Gasteiger partial charge in [0.15, 0.2) is 5.78 Å². The van der Waals surface area contributed by atoms with E-state index in [-0.39, 0.29) is 18.6 Å². The summed E-state index contributed by atoms with van der Waals surface area (Å²) in [5.74, 6) is 0.464. The average molecular weight is 352 g/mol. The molecule has 0 aromatic heterocycles. The molecule has 5 nitrogen and oxygen atoms in total.